The molecule has 3 aliphatic rings. The molecule has 0 aliphatic carbocycles. The number of fused-ring (bicyclic) bond motifs is 3. The smallest absolute Gasteiger partial charge is 0.336 e. The number of carboxylic acids is 1. The Bertz CT molecular complexity index is 3300. The molecular formula is C71H106N16O15S. The monoisotopic (exact) mass is 1450 g/mol. The molecule has 0 unspecified atom stereocenters. The number of amides is 10. The number of ether oxygens (including phenoxy) is 4. The predicted octanol–water partition coefficient (Wildman–Crippen LogP) is 4.59. The van der Waals surface area contributed by atoms with Gasteiger partial charge in [0.05, 0.1) is 50.6 Å². The minimum atomic E-state index is -1.20. The van der Waals surface area contributed by atoms with Crippen molar-refractivity contribution < 1.29 is 72.0 Å². The first-order valence-corrected chi connectivity index (χ1v) is 36.8. The quantitative estimate of drug-likeness (QED) is 0.00945. The van der Waals surface area contributed by atoms with Crippen LogP contribution in [0.3, 0.4) is 0 Å². The van der Waals surface area contributed by atoms with Crippen LogP contribution in [0.4, 0.5) is 16.2 Å². The first kappa shape index (κ1) is 83.0. The zero-order chi connectivity index (χ0) is 74.5. The molecule has 32 heteroatoms. The number of azide groups is 1. The second-order valence-corrected chi connectivity index (χ2v) is 27.3. The van der Waals surface area contributed by atoms with Gasteiger partial charge in [-0.15, -0.1) is 0 Å². The van der Waals surface area contributed by atoms with Crippen LogP contribution in [0.25, 0.3) is 10.4 Å². The third-order valence-electron chi connectivity index (χ3n) is 17.6. The highest BCUT2D eigenvalue weighted by atomic mass is 32.2. The summed E-state index contributed by atoms with van der Waals surface area (Å²) in [5.41, 5.74) is 18.1. The Morgan fingerprint density at radius 3 is 1.83 bits per heavy atom. The molecule has 0 aromatic heterocycles. The van der Waals surface area contributed by atoms with Crippen molar-refractivity contribution in [1.82, 2.24) is 53.2 Å². The number of hydrogen-bond acceptors (Lipinski definition) is 19. The van der Waals surface area contributed by atoms with E-state index in [1.54, 1.807) is 12.1 Å². The first-order chi connectivity index (χ1) is 49.7. The van der Waals surface area contributed by atoms with E-state index in [-0.39, 0.29) is 99.5 Å². The van der Waals surface area contributed by atoms with Crippen molar-refractivity contribution in [2.75, 3.05) is 129 Å². The lowest BCUT2D eigenvalue weighted by Crippen LogP contribution is -2.53. The number of carbonyl (C=O) groups is 10. The van der Waals surface area contributed by atoms with Crippen molar-refractivity contribution in [1.29, 1.82) is 0 Å². The predicted molar refractivity (Wildman–Crippen MR) is 391 cm³/mol. The van der Waals surface area contributed by atoms with E-state index in [4.69, 9.17) is 30.2 Å². The van der Waals surface area contributed by atoms with Crippen LogP contribution < -0.4 is 73.4 Å². The minimum absolute atomic E-state index is 0.0198. The first-order valence-electron chi connectivity index (χ1n) is 35.7. The van der Waals surface area contributed by atoms with Crippen LogP contribution in [-0.4, -0.2) is 219 Å². The zero-order valence-corrected chi connectivity index (χ0v) is 60.9. The number of carboxylic acid groups (broad SMARTS) is 1. The van der Waals surface area contributed by atoms with Gasteiger partial charge in [0.25, 0.3) is 5.91 Å². The van der Waals surface area contributed by atoms with E-state index in [0.717, 1.165) is 47.5 Å². The third-order valence-corrected chi connectivity index (χ3v) is 19.1. The Morgan fingerprint density at radius 1 is 0.621 bits per heavy atom. The number of nitrogens with zero attached hydrogens (tertiary/aromatic N) is 5. The maximum Gasteiger partial charge on any atom is 0.336 e. The molecule has 3 aromatic carbocycles. The molecule has 13 N–H and O–H groups in total. The van der Waals surface area contributed by atoms with Crippen molar-refractivity contribution in [3.63, 3.8) is 0 Å². The SMILES string of the molecule is C[C@H](NC(=O)CCN=[N+]=[N-])C(=O)N[C@@H](CCCCN)C(=O)NCC(=O)NCCCCCC(=O)N[C@@H](CCCCNC(=O)c1ccc(C2c3ccc(N(C)C)cc3Oc3cc(N(C)C)ccc32)c(C(=O)O)c1)C(=O)NCCCOCCOCCOCCCNC(=O)CCCC[C@@H]1SC[C@@H]2NC(=O)N[C@@H]21. The molecule has 0 saturated carbocycles. The molecule has 0 bridgehead atoms. The maximum absolute atomic E-state index is 13.7. The average Bonchev–Trinajstić information content (AvgIpc) is 1.55. The molecule has 0 spiro atoms. The molecular weight excluding hydrogens is 1350 g/mol. The summed E-state index contributed by atoms with van der Waals surface area (Å²) in [7, 11) is 7.70. The van der Waals surface area contributed by atoms with E-state index >= 15 is 0 Å². The number of unbranched alkanes of at least 4 members (excludes halogenated alkanes) is 5. The van der Waals surface area contributed by atoms with Gasteiger partial charge in [-0.2, -0.15) is 11.8 Å². The highest BCUT2D eigenvalue weighted by Gasteiger charge is 2.42. The summed E-state index contributed by atoms with van der Waals surface area (Å²) >= 11 is 1.87. The largest absolute Gasteiger partial charge is 0.478 e. The van der Waals surface area contributed by atoms with Crippen LogP contribution in [0.2, 0.25) is 0 Å². The van der Waals surface area contributed by atoms with Gasteiger partial charge >= 0.3 is 12.0 Å². The van der Waals surface area contributed by atoms with E-state index in [2.05, 4.69) is 63.2 Å². The molecule has 31 nitrogen and oxygen atoms in total. The fourth-order valence-electron chi connectivity index (χ4n) is 11.9. The van der Waals surface area contributed by atoms with Gasteiger partial charge in [0.1, 0.15) is 29.6 Å². The van der Waals surface area contributed by atoms with Crippen molar-refractivity contribution >= 4 is 82.4 Å². The van der Waals surface area contributed by atoms with Gasteiger partial charge in [-0.05, 0) is 126 Å². The van der Waals surface area contributed by atoms with E-state index in [1.165, 1.54) is 13.0 Å². The van der Waals surface area contributed by atoms with Crippen LogP contribution in [-0.2, 0) is 47.8 Å². The lowest BCUT2D eigenvalue weighted by molar-refractivity contribution is -0.132. The van der Waals surface area contributed by atoms with Gasteiger partial charge in [0.2, 0.25) is 41.4 Å². The Morgan fingerprint density at radius 2 is 1.18 bits per heavy atom. The van der Waals surface area contributed by atoms with E-state index in [0.29, 0.717) is 139 Å². The van der Waals surface area contributed by atoms with E-state index < -0.39 is 65.5 Å². The summed E-state index contributed by atoms with van der Waals surface area (Å²) in [6.07, 6.45) is 8.19. The molecule has 6 rings (SSSR count). The Labute approximate surface area is 606 Å². The fraction of sp³-hybridized carbons (Fsp3) is 0.606. The standard InChI is InChI=1S/C71H106N16O15S/c1-46(80-62(90)28-34-79-85-73)66(92)82-55(17-10-12-29-72)69(95)78-44-63(91)75-30-13-6-7-21-61(89)81-54(68(94)77-33-16-36-100-38-40-101-39-37-99-35-15-32-74-60(88)20-9-8-19-59-65-56(45-103-59)83-71(98)84-65)18-11-14-31-76-67(93)47-22-25-50(53(41-47)70(96)97)64-51-26-23-48(86(2)3)42-57(51)102-58-43-49(87(4)5)24-27-52(58)64/h22-27,41-43,46,54-56,59,64-65H,6-21,28-40,44-45,72H2,1-5H3,(H,74,88)(H,75,91)(H,76,93)(H,77,94)(H,78,95)(H,80,90)(H,81,89)(H,82,92)(H,96,97)(H2,83,84,98)/t46-,54-,55-,56-,59-,65-/m0/s1. The zero-order valence-electron chi connectivity index (χ0n) is 60.0. The highest BCUT2D eigenvalue weighted by Crippen LogP contribution is 2.50. The lowest BCUT2D eigenvalue weighted by Gasteiger charge is -2.31. The molecule has 6 atom stereocenters. The number of benzene rings is 3. The Kier molecular flexibility index (Phi) is 36.4. The molecule has 10 amide bonds. The molecule has 566 valence electrons. The van der Waals surface area contributed by atoms with E-state index in [1.807, 2.05) is 86.2 Å². The number of thioether (sulfide) groups is 1. The number of nitrogens with one attached hydrogen (secondary N) is 10. The summed E-state index contributed by atoms with van der Waals surface area (Å²) in [5, 5.41) is 42.3. The molecule has 3 aromatic rings. The molecule has 0 radical (unpaired) electrons. The number of carbonyl (C=O) groups excluding carboxylic acids is 9. The van der Waals surface area contributed by atoms with Gasteiger partial charge in [-0.3, -0.25) is 38.4 Å². The summed E-state index contributed by atoms with van der Waals surface area (Å²) in [6.45, 7) is 4.82. The normalized spacial score (nSPS) is 15.7. The third kappa shape index (κ3) is 28.7. The second-order valence-electron chi connectivity index (χ2n) is 26.0. The molecule has 3 aliphatic heterocycles. The average molecular weight is 1460 g/mol. The number of anilines is 2. The number of hydrogen-bond donors (Lipinski definition) is 12. The minimum Gasteiger partial charge on any atom is -0.478 e. The number of urea groups is 1. The Hall–Kier alpha value is -8.94. The molecule has 2 fully saturated rings. The lowest BCUT2D eigenvalue weighted by atomic mass is 9.80. The maximum atomic E-state index is 13.7. The topological polar surface area (TPSA) is 429 Å². The van der Waals surface area contributed by atoms with Crippen LogP contribution in [0.5, 0.6) is 11.5 Å². The summed E-state index contributed by atoms with van der Waals surface area (Å²) < 4.78 is 23.5. The van der Waals surface area contributed by atoms with Gasteiger partial charge in [-0.1, -0.05) is 36.2 Å². The van der Waals surface area contributed by atoms with Crippen LogP contribution >= 0.6 is 11.8 Å². The van der Waals surface area contributed by atoms with Crippen molar-refractivity contribution in [2.45, 2.75) is 157 Å². The van der Waals surface area contributed by atoms with Crippen LogP contribution in [0, 0.1) is 0 Å². The fourth-order valence-corrected chi connectivity index (χ4v) is 13.5. The van der Waals surface area contributed by atoms with Gasteiger partial charge in [0.15, 0.2) is 0 Å². The highest BCUT2D eigenvalue weighted by molar-refractivity contribution is 8.00. The van der Waals surface area contributed by atoms with Crippen LogP contribution in [0.1, 0.15) is 159 Å². The van der Waals surface area contributed by atoms with E-state index in [9.17, 15) is 53.1 Å². The number of aromatic carboxylic acids is 1. The summed E-state index contributed by atoms with van der Waals surface area (Å²) in [6, 6.07) is 13.7. The van der Waals surface area contributed by atoms with Crippen molar-refractivity contribution in [2.24, 2.45) is 10.8 Å². The van der Waals surface area contributed by atoms with Crippen molar-refractivity contribution in [3.05, 3.63) is 92.9 Å². The molecule has 3 heterocycles. The van der Waals surface area contributed by atoms with Gasteiger partial charge in [-0.25, -0.2) is 9.59 Å². The summed E-state index contributed by atoms with van der Waals surface area (Å²) in [5.74, 6) is -3.03. The molecule has 103 heavy (non-hydrogen) atoms. The van der Waals surface area contributed by atoms with Gasteiger partial charge < -0.3 is 92.8 Å². The second kappa shape index (κ2) is 45.2. The number of nitrogens with two attached hydrogens (primary N) is 1. The van der Waals surface area contributed by atoms with Gasteiger partial charge in [0, 0.05) is 155 Å². The Balaban J connectivity index is 0.915. The molecule has 2 saturated heterocycles. The van der Waals surface area contributed by atoms with Crippen LogP contribution in [0.15, 0.2) is 59.7 Å². The summed E-state index contributed by atoms with van der Waals surface area (Å²) in [4.78, 5) is 135. The number of rotatable bonds is 50. The van der Waals surface area contributed by atoms with Crippen molar-refractivity contribution in [3.8, 4) is 11.5 Å².